The lowest BCUT2D eigenvalue weighted by atomic mass is 9.89. The molecule has 3 amide bonds. The van der Waals surface area contributed by atoms with E-state index in [1.807, 2.05) is 35.2 Å². The van der Waals surface area contributed by atoms with Crippen LogP contribution in [0.4, 0.5) is 34.1 Å². The molecule has 15 nitrogen and oxygen atoms in total. The summed E-state index contributed by atoms with van der Waals surface area (Å²) in [6.07, 6.45) is 7.65. The zero-order chi connectivity index (χ0) is 52.3. The normalized spacial score (nSPS) is 16.5. The minimum atomic E-state index is -0.346. The molecule has 2 aromatic heterocycles. The fourth-order valence-electron chi connectivity index (χ4n) is 10.9. The van der Waals surface area contributed by atoms with Crippen LogP contribution in [-0.4, -0.2) is 113 Å². The molecule has 15 heteroatoms. The first-order chi connectivity index (χ1) is 36.5. The number of piperazine rings is 2. The Morgan fingerprint density at radius 2 is 0.893 bits per heavy atom. The van der Waals surface area contributed by atoms with E-state index in [-0.39, 0.29) is 46.7 Å². The molecule has 0 saturated carbocycles. The van der Waals surface area contributed by atoms with Crippen molar-refractivity contribution in [2.24, 2.45) is 11.8 Å². The quantitative estimate of drug-likeness (QED) is 0.0887. The van der Waals surface area contributed by atoms with Crippen LogP contribution in [0.3, 0.4) is 0 Å². The number of benzene rings is 4. The first-order valence-corrected chi connectivity index (χ1v) is 26.6. The number of furan rings is 2. The Labute approximate surface area is 440 Å². The number of ketones is 2. The molecular formula is C60H70N8O7. The second kappa shape index (κ2) is 24.6. The zero-order valence-electron chi connectivity index (χ0n) is 43.5. The Kier molecular flexibility index (Phi) is 17.1. The highest BCUT2D eigenvalue weighted by Crippen LogP contribution is 2.34. The number of aryl methyl sites for hydroxylation is 2. The molecule has 4 saturated heterocycles. The van der Waals surface area contributed by atoms with E-state index >= 15 is 0 Å². The third-order valence-electron chi connectivity index (χ3n) is 15.2. The number of hydrogen-bond acceptors (Lipinski definition) is 12. The maximum Gasteiger partial charge on any atom is 0.291 e. The highest BCUT2D eigenvalue weighted by atomic mass is 16.3. The lowest BCUT2D eigenvalue weighted by molar-refractivity contribution is -0.130. The molecule has 0 unspecified atom stereocenters. The molecule has 4 aliphatic rings. The fourth-order valence-corrected chi connectivity index (χ4v) is 10.9. The second-order valence-corrected chi connectivity index (χ2v) is 20.2. The molecule has 75 heavy (non-hydrogen) atoms. The number of anilines is 6. The number of piperidine rings is 2. The summed E-state index contributed by atoms with van der Waals surface area (Å²) in [5, 5.41) is 9.36. The maximum absolute atomic E-state index is 13.3. The first kappa shape index (κ1) is 52.2. The van der Waals surface area contributed by atoms with Crippen molar-refractivity contribution in [3.8, 4) is 0 Å². The largest absolute Gasteiger partial charge is 0.459 e. The molecule has 3 N–H and O–H groups in total. The van der Waals surface area contributed by atoms with Gasteiger partial charge in [-0.3, -0.25) is 24.0 Å². The standard InChI is InChI=1S/C31H36N4O4.C29H34N4O3/c1-22-6-3-4-7-27(22)34-15-17-35(18-16-34)28-10-9-25(21-26(28)32-31(38)30-8-5-19-39-30)29(37)20-24-11-13-33(14-12-24)23(2)36;1-21-5-2-3-6-25(21)32-14-16-33(17-15-32)26-9-8-23(27(34)19-22-10-12-30-13-11-22)20-24(26)31-29(35)28-7-4-18-36-28/h3-10,19,21,24H,11-18,20H2,1-2H3,(H,32,38);2-9,18,20,22,30H,10-17,19H2,1H3,(H,31,35). The fraction of sp³-hybridized carbons (Fsp3) is 0.383. The van der Waals surface area contributed by atoms with Crippen molar-refractivity contribution in [1.82, 2.24) is 10.2 Å². The Bertz CT molecular complexity index is 2910. The topological polar surface area (TPSA) is 164 Å². The van der Waals surface area contributed by atoms with Crippen molar-refractivity contribution >= 4 is 63.4 Å². The molecule has 10 rings (SSSR count). The van der Waals surface area contributed by atoms with Gasteiger partial charge in [0.1, 0.15) is 0 Å². The molecule has 0 bridgehead atoms. The number of carbonyl (C=O) groups is 5. The highest BCUT2D eigenvalue weighted by Gasteiger charge is 2.28. The number of amides is 3. The van der Waals surface area contributed by atoms with Gasteiger partial charge < -0.3 is 49.3 Å². The van der Waals surface area contributed by atoms with Gasteiger partial charge in [-0.15, -0.1) is 0 Å². The smallest absolute Gasteiger partial charge is 0.291 e. The van der Waals surface area contributed by atoms with Gasteiger partial charge in [-0.25, -0.2) is 0 Å². The summed E-state index contributed by atoms with van der Waals surface area (Å²) in [5.74, 6) is 0.747. The number of hydrogen-bond donors (Lipinski definition) is 3. The summed E-state index contributed by atoms with van der Waals surface area (Å²) in [6.45, 7) is 15.9. The van der Waals surface area contributed by atoms with Gasteiger partial charge in [0.15, 0.2) is 23.1 Å². The molecule has 4 aromatic carbocycles. The van der Waals surface area contributed by atoms with E-state index in [0.717, 1.165) is 103 Å². The Morgan fingerprint density at radius 3 is 1.28 bits per heavy atom. The molecule has 0 aliphatic carbocycles. The van der Waals surface area contributed by atoms with Gasteiger partial charge in [0.25, 0.3) is 11.8 Å². The van der Waals surface area contributed by atoms with Gasteiger partial charge >= 0.3 is 0 Å². The summed E-state index contributed by atoms with van der Waals surface area (Å²) in [7, 11) is 0. The number of para-hydroxylation sites is 2. The number of carbonyl (C=O) groups excluding carboxylic acids is 5. The van der Waals surface area contributed by atoms with Crippen LogP contribution in [0.5, 0.6) is 0 Å². The minimum Gasteiger partial charge on any atom is -0.459 e. The minimum absolute atomic E-state index is 0.0562. The number of likely N-dealkylation sites (tertiary alicyclic amines) is 1. The predicted octanol–water partition coefficient (Wildman–Crippen LogP) is 9.74. The Balaban J connectivity index is 0.000000184. The molecule has 4 aliphatic heterocycles. The van der Waals surface area contributed by atoms with E-state index < -0.39 is 0 Å². The van der Waals surface area contributed by atoms with E-state index in [0.29, 0.717) is 54.4 Å². The average molecular weight is 1020 g/mol. The average Bonchev–Trinajstić information content (AvgIpc) is 4.19. The number of nitrogens with one attached hydrogen (secondary N) is 3. The van der Waals surface area contributed by atoms with Crippen molar-refractivity contribution in [2.45, 2.75) is 59.3 Å². The van der Waals surface area contributed by atoms with Gasteiger partial charge in [-0.05, 0) is 148 Å². The molecule has 392 valence electrons. The van der Waals surface area contributed by atoms with Crippen LogP contribution in [-0.2, 0) is 4.79 Å². The highest BCUT2D eigenvalue weighted by molar-refractivity contribution is 6.07. The van der Waals surface area contributed by atoms with E-state index in [9.17, 15) is 24.0 Å². The monoisotopic (exact) mass is 1010 g/mol. The summed E-state index contributed by atoms with van der Waals surface area (Å²) in [5.41, 5.74) is 9.35. The van der Waals surface area contributed by atoms with Crippen molar-refractivity contribution in [2.75, 3.05) is 109 Å². The lowest BCUT2D eigenvalue weighted by Gasteiger charge is -2.38. The molecule has 4 fully saturated rings. The van der Waals surface area contributed by atoms with Gasteiger partial charge in [-0.1, -0.05) is 36.4 Å². The first-order valence-electron chi connectivity index (χ1n) is 26.6. The van der Waals surface area contributed by atoms with Crippen LogP contribution < -0.4 is 35.6 Å². The van der Waals surface area contributed by atoms with Gasteiger partial charge in [-0.2, -0.15) is 0 Å². The van der Waals surface area contributed by atoms with Crippen molar-refractivity contribution < 1.29 is 32.8 Å². The van der Waals surface area contributed by atoms with E-state index in [4.69, 9.17) is 8.83 Å². The number of rotatable bonds is 14. The second-order valence-electron chi connectivity index (χ2n) is 20.2. The van der Waals surface area contributed by atoms with Gasteiger partial charge in [0, 0.05) is 108 Å². The maximum atomic E-state index is 13.3. The molecule has 0 radical (unpaired) electrons. The van der Waals surface area contributed by atoms with Crippen LogP contribution in [0.2, 0.25) is 0 Å². The van der Waals surface area contributed by atoms with Crippen molar-refractivity contribution in [3.63, 3.8) is 0 Å². The van der Waals surface area contributed by atoms with Crippen molar-refractivity contribution in [3.05, 3.63) is 155 Å². The Hall–Kier alpha value is -7.65. The lowest BCUT2D eigenvalue weighted by Crippen LogP contribution is -2.47. The molecule has 6 heterocycles. The number of Topliss-reactive ketones (excluding diaryl/α,β-unsaturated/α-hetero) is 2. The van der Waals surface area contributed by atoms with Crippen LogP contribution in [0, 0.1) is 25.7 Å². The van der Waals surface area contributed by atoms with E-state index in [2.05, 4.69) is 97.9 Å². The predicted molar refractivity (Wildman–Crippen MR) is 296 cm³/mol. The molecule has 0 spiro atoms. The molecule has 0 atom stereocenters. The van der Waals surface area contributed by atoms with Gasteiger partial charge in [0.2, 0.25) is 5.91 Å². The van der Waals surface area contributed by atoms with Crippen LogP contribution in [0.15, 0.2) is 131 Å². The van der Waals surface area contributed by atoms with Crippen LogP contribution in [0.1, 0.15) is 98.4 Å². The summed E-state index contributed by atoms with van der Waals surface area (Å²) >= 11 is 0. The van der Waals surface area contributed by atoms with E-state index in [1.165, 1.54) is 35.0 Å². The summed E-state index contributed by atoms with van der Waals surface area (Å²) < 4.78 is 10.6. The summed E-state index contributed by atoms with van der Waals surface area (Å²) in [4.78, 5) is 75.0. The van der Waals surface area contributed by atoms with Crippen molar-refractivity contribution in [1.29, 1.82) is 0 Å². The molecular weight excluding hydrogens is 945 g/mol. The third-order valence-corrected chi connectivity index (χ3v) is 15.2. The van der Waals surface area contributed by atoms with Crippen LogP contribution >= 0.6 is 0 Å². The summed E-state index contributed by atoms with van der Waals surface area (Å²) in [6, 6.07) is 34.9. The van der Waals surface area contributed by atoms with E-state index in [1.54, 1.807) is 37.3 Å². The van der Waals surface area contributed by atoms with Gasteiger partial charge in [0.05, 0.1) is 35.3 Å². The SMILES string of the molecule is CC(=O)N1CCC(CC(=O)c2ccc(N3CCN(c4ccccc4C)CC3)c(NC(=O)c3ccco3)c2)CC1.Cc1ccccc1N1CCN(c2ccc(C(=O)CC3CCNCC3)cc2NC(=O)c2ccco2)CC1. The zero-order valence-corrected chi connectivity index (χ0v) is 43.5. The molecule has 6 aromatic rings. The number of nitrogens with zero attached hydrogens (tertiary/aromatic N) is 5. The third kappa shape index (κ3) is 13.2. The van der Waals surface area contributed by atoms with Crippen LogP contribution in [0.25, 0.3) is 0 Å². The Morgan fingerprint density at radius 1 is 0.493 bits per heavy atom.